The van der Waals surface area contributed by atoms with E-state index in [1.54, 1.807) is 23.1 Å². The average Bonchev–Trinajstić information content (AvgIpc) is 2.39. The van der Waals surface area contributed by atoms with Crippen LogP contribution in [0, 0.1) is 11.2 Å². The Balaban J connectivity index is 2.32. The van der Waals surface area contributed by atoms with E-state index in [4.69, 9.17) is 5.73 Å². The summed E-state index contributed by atoms with van der Waals surface area (Å²) >= 11 is 0. The van der Waals surface area contributed by atoms with Gasteiger partial charge < -0.3 is 10.6 Å². The molecule has 1 unspecified atom stereocenters. The fraction of sp³-hybridized carbons (Fsp3) is 0.562. The molecule has 3 nitrogen and oxygen atoms in total. The van der Waals surface area contributed by atoms with Crippen LogP contribution in [0.1, 0.15) is 44.7 Å². The number of carbonyl (C=O) groups excluding carboxylic acids is 1. The highest BCUT2D eigenvalue weighted by atomic mass is 19.1. The Hall–Kier alpha value is -1.42. The summed E-state index contributed by atoms with van der Waals surface area (Å²) < 4.78 is 14.0. The summed E-state index contributed by atoms with van der Waals surface area (Å²) in [7, 11) is 0. The van der Waals surface area contributed by atoms with E-state index < -0.39 is 11.5 Å². The van der Waals surface area contributed by atoms with E-state index in [9.17, 15) is 9.18 Å². The molecule has 20 heavy (non-hydrogen) atoms. The van der Waals surface area contributed by atoms with E-state index >= 15 is 0 Å². The van der Waals surface area contributed by atoms with Crippen molar-refractivity contribution in [3.63, 3.8) is 0 Å². The van der Waals surface area contributed by atoms with Crippen LogP contribution in [0.3, 0.4) is 0 Å². The van der Waals surface area contributed by atoms with Gasteiger partial charge in [0, 0.05) is 24.7 Å². The third-order valence-corrected chi connectivity index (χ3v) is 4.56. The molecule has 0 aliphatic heterocycles. The van der Waals surface area contributed by atoms with E-state index in [-0.39, 0.29) is 11.7 Å². The van der Waals surface area contributed by atoms with Crippen molar-refractivity contribution in [1.82, 2.24) is 4.90 Å². The van der Waals surface area contributed by atoms with Crippen LogP contribution in [0.25, 0.3) is 0 Å². The summed E-state index contributed by atoms with van der Waals surface area (Å²) in [5, 5.41) is 0. The summed E-state index contributed by atoms with van der Waals surface area (Å²) in [6.45, 7) is 5.26. The Morgan fingerprint density at radius 3 is 2.40 bits per heavy atom. The molecule has 1 aliphatic rings. The third-order valence-electron chi connectivity index (χ3n) is 4.56. The molecule has 0 heterocycles. The lowest BCUT2D eigenvalue weighted by molar-refractivity contribution is -0.149. The van der Waals surface area contributed by atoms with E-state index in [0.29, 0.717) is 18.7 Å². The second kappa shape index (κ2) is 5.92. The normalized spacial score (nSPS) is 18.2. The molecule has 4 heteroatoms. The number of benzene rings is 1. The highest BCUT2D eigenvalue weighted by Crippen LogP contribution is 2.50. The van der Waals surface area contributed by atoms with Gasteiger partial charge in [0.25, 0.3) is 0 Å². The van der Waals surface area contributed by atoms with Crippen molar-refractivity contribution in [1.29, 1.82) is 0 Å². The lowest BCUT2D eigenvalue weighted by Gasteiger charge is -2.47. The molecule has 0 spiro atoms. The van der Waals surface area contributed by atoms with E-state index in [1.165, 1.54) is 6.07 Å². The largest absolute Gasteiger partial charge is 0.343 e. The van der Waals surface area contributed by atoms with Crippen LogP contribution in [-0.4, -0.2) is 23.9 Å². The molecule has 110 valence electrons. The van der Waals surface area contributed by atoms with Crippen molar-refractivity contribution in [2.24, 2.45) is 11.1 Å². The van der Waals surface area contributed by atoms with Gasteiger partial charge in [-0.2, -0.15) is 0 Å². The van der Waals surface area contributed by atoms with Crippen LogP contribution in [0.15, 0.2) is 24.3 Å². The number of hydrogen-bond acceptors (Lipinski definition) is 2. The Morgan fingerprint density at radius 1 is 1.35 bits per heavy atom. The van der Waals surface area contributed by atoms with Gasteiger partial charge in [-0.05, 0) is 32.8 Å². The van der Waals surface area contributed by atoms with Gasteiger partial charge in [0.1, 0.15) is 5.82 Å². The number of carbonyl (C=O) groups is 1. The molecule has 1 amide bonds. The number of halogens is 1. The average molecular weight is 278 g/mol. The van der Waals surface area contributed by atoms with Crippen molar-refractivity contribution in [3.8, 4) is 0 Å². The number of nitrogens with zero attached hydrogens (tertiary/aromatic N) is 1. The Bertz CT molecular complexity index is 481. The van der Waals surface area contributed by atoms with Gasteiger partial charge in [0.15, 0.2) is 0 Å². The molecule has 1 aromatic rings. The fourth-order valence-corrected chi connectivity index (χ4v) is 3.07. The van der Waals surface area contributed by atoms with Gasteiger partial charge in [-0.1, -0.05) is 24.6 Å². The standard InChI is InChI=1S/C16H23FN2O/c1-3-19(4-2)15(20)16(10-7-11-16)14(18)12-8-5-6-9-13(12)17/h5-6,8-9,14H,3-4,7,10-11,18H2,1-2H3. The van der Waals surface area contributed by atoms with Crippen LogP contribution < -0.4 is 5.73 Å². The van der Waals surface area contributed by atoms with Crippen LogP contribution >= 0.6 is 0 Å². The smallest absolute Gasteiger partial charge is 0.230 e. The lowest BCUT2D eigenvalue weighted by atomic mass is 9.61. The predicted molar refractivity (Wildman–Crippen MR) is 77.5 cm³/mol. The van der Waals surface area contributed by atoms with E-state index in [0.717, 1.165) is 19.3 Å². The first kappa shape index (κ1) is 15.0. The van der Waals surface area contributed by atoms with E-state index in [1.807, 2.05) is 13.8 Å². The zero-order valence-corrected chi connectivity index (χ0v) is 12.2. The lowest BCUT2D eigenvalue weighted by Crippen LogP contribution is -2.53. The maximum atomic E-state index is 14.0. The van der Waals surface area contributed by atoms with Gasteiger partial charge in [-0.15, -0.1) is 0 Å². The molecule has 0 bridgehead atoms. The fourth-order valence-electron chi connectivity index (χ4n) is 3.07. The predicted octanol–water partition coefficient (Wildman–Crippen LogP) is 2.86. The van der Waals surface area contributed by atoms with Gasteiger partial charge in [0.2, 0.25) is 5.91 Å². The van der Waals surface area contributed by atoms with E-state index in [2.05, 4.69) is 0 Å². The quantitative estimate of drug-likeness (QED) is 0.900. The minimum atomic E-state index is -0.617. The first-order valence-electron chi connectivity index (χ1n) is 7.36. The maximum absolute atomic E-state index is 14.0. The molecular weight excluding hydrogens is 255 g/mol. The van der Waals surface area contributed by atoms with Crippen molar-refractivity contribution >= 4 is 5.91 Å². The second-order valence-electron chi connectivity index (χ2n) is 5.49. The summed E-state index contributed by atoms with van der Waals surface area (Å²) in [4.78, 5) is 14.6. The Kier molecular flexibility index (Phi) is 4.43. The zero-order valence-electron chi connectivity index (χ0n) is 12.2. The molecule has 2 N–H and O–H groups in total. The highest BCUT2D eigenvalue weighted by Gasteiger charge is 2.51. The van der Waals surface area contributed by atoms with Gasteiger partial charge >= 0.3 is 0 Å². The molecule has 0 saturated heterocycles. The zero-order chi connectivity index (χ0) is 14.8. The maximum Gasteiger partial charge on any atom is 0.230 e. The number of rotatable bonds is 5. The minimum Gasteiger partial charge on any atom is -0.343 e. The monoisotopic (exact) mass is 278 g/mol. The SMILES string of the molecule is CCN(CC)C(=O)C1(C(N)c2ccccc2F)CCC1. The van der Waals surface area contributed by atoms with Crippen molar-refractivity contribution < 1.29 is 9.18 Å². The van der Waals surface area contributed by atoms with Crippen LogP contribution in [0.5, 0.6) is 0 Å². The highest BCUT2D eigenvalue weighted by molar-refractivity contribution is 5.84. The number of nitrogens with two attached hydrogens (primary N) is 1. The first-order chi connectivity index (χ1) is 9.56. The van der Waals surface area contributed by atoms with Crippen molar-refractivity contribution in [2.75, 3.05) is 13.1 Å². The molecule has 1 aromatic carbocycles. The molecule has 1 aliphatic carbocycles. The summed E-state index contributed by atoms with van der Waals surface area (Å²) in [6, 6.07) is 5.95. The third kappa shape index (κ3) is 2.33. The Labute approximate surface area is 120 Å². The molecule has 1 atom stereocenters. The molecule has 0 aromatic heterocycles. The van der Waals surface area contributed by atoms with Crippen molar-refractivity contribution in [2.45, 2.75) is 39.2 Å². The Morgan fingerprint density at radius 2 is 1.95 bits per heavy atom. The molecule has 2 rings (SSSR count). The first-order valence-corrected chi connectivity index (χ1v) is 7.36. The number of hydrogen-bond donors (Lipinski definition) is 1. The van der Waals surface area contributed by atoms with Crippen LogP contribution in [-0.2, 0) is 4.79 Å². The minimum absolute atomic E-state index is 0.0736. The molecule has 1 saturated carbocycles. The molecular formula is C16H23FN2O. The number of amides is 1. The molecule has 1 fully saturated rings. The topological polar surface area (TPSA) is 46.3 Å². The summed E-state index contributed by atoms with van der Waals surface area (Å²) in [5.74, 6) is -0.247. The summed E-state index contributed by atoms with van der Waals surface area (Å²) in [6.07, 6.45) is 2.48. The summed E-state index contributed by atoms with van der Waals surface area (Å²) in [5.41, 5.74) is 6.13. The van der Waals surface area contributed by atoms with Gasteiger partial charge in [-0.25, -0.2) is 4.39 Å². The van der Waals surface area contributed by atoms with Gasteiger partial charge in [-0.3, -0.25) is 4.79 Å². The van der Waals surface area contributed by atoms with Gasteiger partial charge in [0.05, 0.1) is 5.41 Å². The van der Waals surface area contributed by atoms with Crippen molar-refractivity contribution in [3.05, 3.63) is 35.6 Å². The molecule has 0 radical (unpaired) electrons. The van der Waals surface area contributed by atoms with Crippen LogP contribution in [0.2, 0.25) is 0 Å². The van der Waals surface area contributed by atoms with Crippen LogP contribution in [0.4, 0.5) is 4.39 Å². The second-order valence-corrected chi connectivity index (χ2v) is 5.49.